The molecular weight excluding hydrogens is 188 g/mol. The minimum absolute atomic E-state index is 0.0974. The smallest absolute Gasteiger partial charge is 0.138 e. The first-order valence-electron chi connectivity index (χ1n) is 5.20. The summed E-state index contributed by atoms with van der Waals surface area (Å²) in [5.74, 6) is -0.134. The molecular formula is C13H14O2. The van der Waals surface area contributed by atoms with E-state index in [9.17, 15) is 9.59 Å². The molecule has 0 unspecified atom stereocenters. The molecule has 0 bridgehead atoms. The Kier molecular flexibility index (Phi) is 2.43. The summed E-state index contributed by atoms with van der Waals surface area (Å²) in [7, 11) is 0. The number of benzene rings is 1. The molecule has 2 heteroatoms. The Balaban J connectivity index is 2.46. The van der Waals surface area contributed by atoms with Crippen LogP contribution in [0.3, 0.4) is 0 Å². The standard InChI is InChI=1S/C13H14O2/c1-8(14)12-7-10-5-3-4-6-11(10)13(12)9(2)15/h3-6,12-13H,7H2,1-2H3/t12-,13-/m1/s1. The molecule has 0 heterocycles. The zero-order valence-electron chi connectivity index (χ0n) is 8.99. The summed E-state index contributed by atoms with van der Waals surface area (Å²) in [5, 5.41) is 0. The van der Waals surface area contributed by atoms with Crippen LogP contribution < -0.4 is 0 Å². The van der Waals surface area contributed by atoms with E-state index >= 15 is 0 Å². The minimum atomic E-state index is -0.210. The molecule has 0 radical (unpaired) electrons. The van der Waals surface area contributed by atoms with E-state index in [1.807, 2.05) is 24.3 Å². The van der Waals surface area contributed by atoms with Crippen LogP contribution in [0, 0.1) is 5.92 Å². The van der Waals surface area contributed by atoms with Gasteiger partial charge in [-0.2, -0.15) is 0 Å². The molecule has 0 fully saturated rings. The summed E-state index contributed by atoms with van der Waals surface area (Å²) in [6, 6.07) is 7.86. The Hall–Kier alpha value is -1.44. The number of hydrogen-bond donors (Lipinski definition) is 0. The van der Waals surface area contributed by atoms with Crippen LogP contribution in [0.4, 0.5) is 0 Å². The molecule has 78 valence electrons. The molecule has 2 nitrogen and oxygen atoms in total. The maximum Gasteiger partial charge on any atom is 0.138 e. The highest BCUT2D eigenvalue weighted by molar-refractivity contribution is 5.93. The van der Waals surface area contributed by atoms with Crippen molar-refractivity contribution in [2.75, 3.05) is 0 Å². The van der Waals surface area contributed by atoms with Crippen LogP contribution in [0.1, 0.15) is 30.9 Å². The Labute approximate surface area is 89.3 Å². The molecule has 2 atom stereocenters. The van der Waals surface area contributed by atoms with Crippen molar-refractivity contribution in [1.29, 1.82) is 0 Å². The highest BCUT2D eigenvalue weighted by Crippen LogP contribution is 2.38. The molecule has 0 saturated carbocycles. The first kappa shape index (κ1) is 10.1. The van der Waals surface area contributed by atoms with Crippen LogP contribution in [0.25, 0.3) is 0 Å². The second-order valence-corrected chi connectivity index (χ2v) is 4.21. The molecule has 0 N–H and O–H groups in total. The highest BCUT2D eigenvalue weighted by Gasteiger charge is 2.37. The van der Waals surface area contributed by atoms with Gasteiger partial charge in [0.1, 0.15) is 11.6 Å². The molecule has 1 aliphatic rings. The summed E-state index contributed by atoms with van der Waals surface area (Å²) >= 11 is 0. The number of Topliss-reactive ketones (excluding diaryl/α,β-unsaturated/α-hetero) is 2. The van der Waals surface area contributed by atoms with Gasteiger partial charge in [0.2, 0.25) is 0 Å². The maximum absolute atomic E-state index is 11.6. The van der Waals surface area contributed by atoms with Crippen molar-refractivity contribution in [2.24, 2.45) is 5.92 Å². The van der Waals surface area contributed by atoms with E-state index < -0.39 is 0 Å². The minimum Gasteiger partial charge on any atom is -0.300 e. The van der Waals surface area contributed by atoms with E-state index in [0.29, 0.717) is 0 Å². The summed E-state index contributed by atoms with van der Waals surface area (Å²) in [6.07, 6.45) is 0.718. The summed E-state index contributed by atoms with van der Waals surface area (Å²) in [6.45, 7) is 3.15. The fourth-order valence-electron chi connectivity index (χ4n) is 2.48. The lowest BCUT2D eigenvalue weighted by Crippen LogP contribution is -2.21. The Morgan fingerprint density at radius 3 is 2.40 bits per heavy atom. The van der Waals surface area contributed by atoms with Crippen LogP contribution in [0.5, 0.6) is 0 Å². The molecule has 0 amide bonds. The molecule has 1 aromatic carbocycles. The monoisotopic (exact) mass is 202 g/mol. The average molecular weight is 202 g/mol. The molecule has 15 heavy (non-hydrogen) atoms. The van der Waals surface area contributed by atoms with E-state index in [-0.39, 0.29) is 23.4 Å². The van der Waals surface area contributed by atoms with E-state index in [0.717, 1.165) is 17.5 Å². The van der Waals surface area contributed by atoms with E-state index in [2.05, 4.69) is 0 Å². The van der Waals surface area contributed by atoms with E-state index in [1.54, 1.807) is 13.8 Å². The van der Waals surface area contributed by atoms with E-state index in [4.69, 9.17) is 0 Å². The van der Waals surface area contributed by atoms with Gasteiger partial charge in [-0.25, -0.2) is 0 Å². The SMILES string of the molecule is CC(=O)[C@H]1Cc2ccccc2[C@H]1C(C)=O. The Morgan fingerprint density at radius 1 is 1.13 bits per heavy atom. The van der Waals surface area contributed by atoms with Crippen LogP contribution in [0.15, 0.2) is 24.3 Å². The molecule has 0 aliphatic heterocycles. The van der Waals surface area contributed by atoms with Crippen molar-refractivity contribution in [3.63, 3.8) is 0 Å². The van der Waals surface area contributed by atoms with Crippen molar-refractivity contribution >= 4 is 11.6 Å². The van der Waals surface area contributed by atoms with Gasteiger partial charge >= 0.3 is 0 Å². The van der Waals surface area contributed by atoms with Crippen molar-refractivity contribution in [3.8, 4) is 0 Å². The van der Waals surface area contributed by atoms with Gasteiger partial charge in [0.15, 0.2) is 0 Å². The van der Waals surface area contributed by atoms with Gasteiger partial charge in [-0.15, -0.1) is 0 Å². The lowest BCUT2D eigenvalue weighted by molar-refractivity contribution is -0.126. The zero-order chi connectivity index (χ0) is 11.0. The van der Waals surface area contributed by atoms with Crippen LogP contribution >= 0.6 is 0 Å². The first-order chi connectivity index (χ1) is 7.11. The predicted molar refractivity (Wildman–Crippen MR) is 57.7 cm³/mol. The molecule has 1 aromatic rings. The summed E-state index contributed by atoms with van der Waals surface area (Å²) in [5.41, 5.74) is 2.20. The predicted octanol–water partition coefficient (Wildman–Crippen LogP) is 2.12. The molecule has 0 saturated heterocycles. The first-order valence-corrected chi connectivity index (χ1v) is 5.20. The van der Waals surface area contributed by atoms with Gasteiger partial charge in [-0.05, 0) is 31.4 Å². The van der Waals surface area contributed by atoms with Gasteiger partial charge in [0.25, 0.3) is 0 Å². The lowest BCUT2D eigenvalue weighted by atomic mass is 9.87. The number of rotatable bonds is 2. The van der Waals surface area contributed by atoms with Crippen LogP contribution in [-0.2, 0) is 16.0 Å². The fraction of sp³-hybridized carbons (Fsp3) is 0.385. The Morgan fingerprint density at radius 2 is 1.80 bits per heavy atom. The third-order valence-electron chi connectivity index (χ3n) is 3.19. The third kappa shape index (κ3) is 1.60. The van der Waals surface area contributed by atoms with Gasteiger partial charge in [-0.3, -0.25) is 9.59 Å². The quantitative estimate of drug-likeness (QED) is 0.736. The highest BCUT2D eigenvalue weighted by atomic mass is 16.1. The number of fused-ring (bicyclic) bond motifs is 1. The molecule has 0 spiro atoms. The largest absolute Gasteiger partial charge is 0.300 e. The van der Waals surface area contributed by atoms with Gasteiger partial charge in [-0.1, -0.05) is 24.3 Å². The lowest BCUT2D eigenvalue weighted by Gasteiger charge is -2.14. The van der Waals surface area contributed by atoms with Crippen LogP contribution in [0.2, 0.25) is 0 Å². The number of carbonyl (C=O) groups excluding carboxylic acids is 2. The number of carbonyl (C=O) groups is 2. The van der Waals surface area contributed by atoms with Crippen LogP contribution in [-0.4, -0.2) is 11.6 Å². The van der Waals surface area contributed by atoms with Crippen molar-refractivity contribution < 1.29 is 9.59 Å². The fourth-order valence-corrected chi connectivity index (χ4v) is 2.48. The number of ketones is 2. The third-order valence-corrected chi connectivity index (χ3v) is 3.19. The molecule has 0 aromatic heterocycles. The normalized spacial score (nSPS) is 23.6. The topological polar surface area (TPSA) is 34.1 Å². The second-order valence-electron chi connectivity index (χ2n) is 4.21. The maximum atomic E-state index is 11.6. The van der Waals surface area contributed by atoms with E-state index in [1.165, 1.54) is 0 Å². The van der Waals surface area contributed by atoms with Gasteiger partial charge in [0, 0.05) is 5.92 Å². The Bertz CT molecular complexity index is 420. The van der Waals surface area contributed by atoms with Crippen molar-refractivity contribution in [3.05, 3.63) is 35.4 Å². The molecule has 2 rings (SSSR count). The molecule has 1 aliphatic carbocycles. The van der Waals surface area contributed by atoms with Gasteiger partial charge < -0.3 is 0 Å². The summed E-state index contributed by atoms with van der Waals surface area (Å²) < 4.78 is 0. The van der Waals surface area contributed by atoms with Crippen molar-refractivity contribution in [1.82, 2.24) is 0 Å². The average Bonchev–Trinajstić information content (AvgIpc) is 2.56. The zero-order valence-corrected chi connectivity index (χ0v) is 8.99. The van der Waals surface area contributed by atoms with Crippen molar-refractivity contribution in [2.45, 2.75) is 26.2 Å². The number of hydrogen-bond acceptors (Lipinski definition) is 2. The van der Waals surface area contributed by atoms with Gasteiger partial charge in [0.05, 0.1) is 5.92 Å². The summed E-state index contributed by atoms with van der Waals surface area (Å²) in [4.78, 5) is 23.0. The second kappa shape index (κ2) is 3.61.